The first-order valence-electron chi connectivity index (χ1n) is 6.99. The van der Waals surface area contributed by atoms with Gasteiger partial charge in [-0.3, -0.25) is 0 Å². The van der Waals surface area contributed by atoms with Crippen LogP contribution in [0.3, 0.4) is 0 Å². The molecule has 1 aliphatic rings. The molecule has 1 aliphatic carbocycles. The molecule has 0 N–H and O–H groups in total. The van der Waals surface area contributed by atoms with Crippen LogP contribution in [-0.4, -0.2) is 0 Å². The van der Waals surface area contributed by atoms with Gasteiger partial charge in [-0.2, -0.15) is 0 Å². The summed E-state index contributed by atoms with van der Waals surface area (Å²) in [5, 5.41) is 0. The Balaban J connectivity index is 2.69. The van der Waals surface area contributed by atoms with Crippen molar-refractivity contribution in [3.8, 4) is 0 Å². The van der Waals surface area contributed by atoms with Gasteiger partial charge < -0.3 is 0 Å². The number of hydrogen-bond acceptors (Lipinski definition) is 0. The monoisotopic (exact) mass is 308 g/mol. The van der Waals surface area contributed by atoms with E-state index in [1.807, 2.05) is 0 Å². The fourth-order valence-corrected chi connectivity index (χ4v) is 3.85. The first kappa shape index (κ1) is 14.1. The fraction of sp³-hybridized carbons (Fsp3) is 0.647. The largest absolute Gasteiger partial charge is 0.0586 e. The summed E-state index contributed by atoms with van der Waals surface area (Å²) in [6, 6.07) is 4.83. The summed E-state index contributed by atoms with van der Waals surface area (Å²) in [5.41, 5.74) is 5.16. The molecular weight excluding hydrogens is 284 g/mol. The van der Waals surface area contributed by atoms with Crippen LogP contribution in [0.5, 0.6) is 0 Å². The van der Waals surface area contributed by atoms with Crippen molar-refractivity contribution < 1.29 is 0 Å². The molecular formula is C17H25Br. The van der Waals surface area contributed by atoms with Gasteiger partial charge in [-0.1, -0.05) is 63.5 Å². The molecule has 0 saturated heterocycles. The molecule has 0 spiro atoms. The molecule has 0 amide bonds. The molecule has 0 nitrogen and oxygen atoms in total. The highest BCUT2D eigenvalue weighted by atomic mass is 79.9. The van der Waals surface area contributed by atoms with Crippen molar-refractivity contribution >= 4 is 15.9 Å². The molecule has 1 heteroatoms. The van der Waals surface area contributed by atoms with Gasteiger partial charge >= 0.3 is 0 Å². The summed E-state index contributed by atoms with van der Waals surface area (Å²) in [6.07, 6.45) is 2.56. The summed E-state index contributed by atoms with van der Waals surface area (Å²) in [6.45, 7) is 14.1. The minimum atomic E-state index is 0.308. The molecule has 0 unspecified atom stereocenters. The van der Waals surface area contributed by atoms with E-state index in [4.69, 9.17) is 0 Å². The number of fused-ring (bicyclic) bond motifs is 1. The molecule has 100 valence electrons. The molecule has 1 aromatic rings. The zero-order chi connectivity index (χ0) is 13.7. The quantitative estimate of drug-likeness (QED) is 0.604. The van der Waals surface area contributed by atoms with Gasteiger partial charge in [0, 0.05) is 4.47 Å². The minimum Gasteiger partial charge on any atom is -0.0586 e. The lowest BCUT2D eigenvalue weighted by atomic mass is 9.63. The van der Waals surface area contributed by atoms with Gasteiger partial charge in [0.1, 0.15) is 0 Å². The second-order valence-electron chi connectivity index (χ2n) is 7.34. The molecule has 0 bridgehead atoms. The van der Waals surface area contributed by atoms with Crippen LogP contribution in [0.1, 0.15) is 77.0 Å². The number of hydrogen-bond donors (Lipinski definition) is 0. The number of rotatable bonds is 1. The molecule has 1 aromatic carbocycles. The van der Waals surface area contributed by atoms with Gasteiger partial charge in [-0.25, -0.2) is 0 Å². The summed E-state index contributed by atoms with van der Waals surface area (Å²) < 4.78 is 1.28. The zero-order valence-corrected chi connectivity index (χ0v) is 14.1. The highest BCUT2D eigenvalue weighted by Crippen LogP contribution is 2.47. The van der Waals surface area contributed by atoms with E-state index in [1.165, 1.54) is 28.4 Å². The number of halogens is 1. The molecule has 0 saturated carbocycles. The van der Waals surface area contributed by atoms with Crippen LogP contribution in [0.2, 0.25) is 0 Å². The molecule has 2 rings (SSSR count). The van der Waals surface area contributed by atoms with Gasteiger partial charge in [0.2, 0.25) is 0 Å². The second-order valence-corrected chi connectivity index (χ2v) is 8.20. The Morgan fingerprint density at radius 3 is 1.83 bits per heavy atom. The van der Waals surface area contributed by atoms with Gasteiger partial charge in [0.25, 0.3) is 0 Å². The predicted octanol–water partition coefficient (Wildman–Crippen LogP) is 5.92. The van der Waals surface area contributed by atoms with Crippen molar-refractivity contribution in [3.63, 3.8) is 0 Å². The van der Waals surface area contributed by atoms with Gasteiger partial charge in [0.15, 0.2) is 0 Å². The molecule has 0 fully saturated rings. The fourth-order valence-electron chi connectivity index (χ4n) is 3.05. The van der Waals surface area contributed by atoms with Crippen LogP contribution >= 0.6 is 15.9 Å². The summed E-state index contributed by atoms with van der Waals surface area (Å²) >= 11 is 3.77. The standard InChI is InChI=1S/C17H25Br/c1-11(2)12-9-13-14(10-15(12)18)17(5,6)8-7-16(13,3)4/h9-11H,7-8H2,1-6H3. The van der Waals surface area contributed by atoms with Crippen molar-refractivity contribution in [2.45, 2.75) is 71.1 Å². The van der Waals surface area contributed by atoms with Crippen LogP contribution in [0, 0.1) is 0 Å². The summed E-state index contributed by atoms with van der Waals surface area (Å²) in [5.74, 6) is 0.575. The highest BCUT2D eigenvalue weighted by molar-refractivity contribution is 9.10. The Kier molecular flexibility index (Phi) is 3.43. The molecule has 0 atom stereocenters. The lowest BCUT2D eigenvalue weighted by Crippen LogP contribution is -2.34. The van der Waals surface area contributed by atoms with Crippen molar-refractivity contribution in [1.82, 2.24) is 0 Å². The van der Waals surface area contributed by atoms with E-state index in [2.05, 4.69) is 69.6 Å². The second kappa shape index (κ2) is 4.37. The average molecular weight is 309 g/mol. The molecule has 0 radical (unpaired) electrons. The van der Waals surface area contributed by atoms with E-state index in [-0.39, 0.29) is 0 Å². The maximum absolute atomic E-state index is 3.77. The third-order valence-electron chi connectivity index (χ3n) is 4.59. The first-order valence-corrected chi connectivity index (χ1v) is 7.79. The number of benzene rings is 1. The van der Waals surface area contributed by atoms with E-state index in [0.29, 0.717) is 16.7 Å². The van der Waals surface area contributed by atoms with Gasteiger partial charge in [-0.05, 0) is 52.3 Å². The lowest BCUT2D eigenvalue weighted by molar-refractivity contribution is 0.331. The molecule has 0 aliphatic heterocycles. The van der Waals surface area contributed by atoms with E-state index in [9.17, 15) is 0 Å². The Hall–Kier alpha value is -0.300. The molecule has 18 heavy (non-hydrogen) atoms. The first-order chi connectivity index (χ1) is 8.15. The third-order valence-corrected chi connectivity index (χ3v) is 5.28. The maximum Gasteiger partial charge on any atom is 0.0213 e. The van der Waals surface area contributed by atoms with Crippen LogP contribution in [0.25, 0.3) is 0 Å². The maximum atomic E-state index is 3.77. The predicted molar refractivity (Wildman–Crippen MR) is 83.5 cm³/mol. The van der Waals surface area contributed by atoms with E-state index >= 15 is 0 Å². The Bertz CT molecular complexity index is 467. The van der Waals surface area contributed by atoms with Gasteiger partial charge in [-0.15, -0.1) is 0 Å². The van der Waals surface area contributed by atoms with Crippen LogP contribution in [-0.2, 0) is 10.8 Å². The summed E-state index contributed by atoms with van der Waals surface area (Å²) in [4.78, 5) is 0. The SMILES string of the molecule is CC(C)c1cc2c(cc1Br)C(C)(C)CCC2(C)C. The van der Waals surface area contributed by atoms with Crippen molar-refractivity contribution in [3.05, 3.63) is 33.3 Å². The van der Waals surface area contributed by atoms with Crippen LogP contribution in [0.15, 0.2) is 16.6 Å². The van der Waals surface area contributed by atoms with Crippen molar-refractivity contribution in [2.24, 2.45) is 0 Å². The van der Waals surface area contributed by atoms with Crippen molar-refractivity contribution in [1.29, 1.82) is 0 Å². The van der Waals surface area contributed by atoms with E-state index < -0.39 is 0 Å². The van der Waals surface area contributed by atoms with Crippen molar-refractivity contribution in [2.75, 3.05) is 0 Å². The average Bonchev–Trinajstić information content (AvgIpc) is 2.24. The minimum absolute atomic E-state index is 0.308. The van der Waals surface area contributed by atoms with Gasteiger partial charge in [0.05, 0.1) is 0 Å². The third kappa shape index (κ3) is 2.27. The van der Waals surface area contributed by atoms with E-state index in [0.717, 1.165) is 0 Å². The zero-order valence-electron chi connectivity index (χ0n) is 12.5. The molecule has 0 aromatic heterocycles. The topological polar surface area (TPSA) is 0 Å². The highest BCUT2D eigenvalue weighted by Gasteiger charge is 2.37. The Morgan fingerprint density at radius 2 is 1.39 bits per heavy atom. The summed E-state index contributed by atoms with van der Waals surface area (Å²) in [7, 11) is 0. The Morgan fingerprint density at radius 1 is 0.944 bits per heavy atom. The Labute approximate surface area is 120 Å². The lowest BCUT2D eigenvalue weighted by Gasteiger charge is -2.42. The van der Waals surface area contributed by atoms with E-state index in [1.54, 1.807) is 5.56 Å². The smallest absolute Gasteiger partial charge is 0.0213 e. The van der Waals surface area contributed by atoms with Crippen LogP contribution in [0.4, 0.5) is 0 Å². The van der Waals surface area contributed by atoms with Crippen LogP contribution < -0.4 is 0 Å². The molecule has 0 heterocycles. The normalized spacial score (nSPS) is 20.9.